The second kappa shape index (κ2) is 7.71. The monoisotopic (exact) mass is 349 g/mol. The molecule has 1 atom stereocenters. The summed E-state index contributed by atoms with van der Waals surface area (Å²) in [5.74, 6) is 0.251. The minimum Gasteiger partial charge on any atom is -0.319 e. The molecule has 0 saturated heterocycles. The summed E-state index contributed by atoms with van der Waals surface area (Å²) in [7, 11) is 1.96. The first-order chi connectivity index (χ1) is 10.1. The van der Waals surface area contributed by atoms with Crippen molar-refractivity contribution < 1.29 is 4.39 Å². The Morgan fingerprint density at radius 2 is 1.71 bits per heavy atom. The maximum atomic E-state index is 13.6. The molecule has 0 aromatic heterocycles. The third-order valence-corrected chi connectivity index (χ3v) is 4.69. The van der Waals surface area contributed by atoms with Crippen molar-refractivity contribution in [2.24, 2.45) is 5.92 Å². The van der Waals surface area contributed by atoms with Crippen LogP contribution in [0.1, 0.15) is 16.7 Å². The lowest BCUT2D eigenvalue weighted by molar-refractivity contribution is 0.489. The van der Waals surface area contributed by atoms with Crippen LogP contribution in [0.25, 0.3) is 0 Å². The average molecular weight is 350 g/mol. The molecule has 0 heterocycles. The molecule has 0 aliphatic carbocycles. The highest BCUT2D eigenvalue weighted by Gasteiger charge is 2.14. The summed E-state index contributed by atoms with van der Waals surface area (Å²) in [5, 5.41) is 3.25. The normalized spacial score (nSPS) is 12.4. The number of aryl methyl sites for hydroxylation is 1. The number of benzene rings is 2. The summed E-state index contributed by atoms with van der Waals surface area (Å²) in [5.41, 5.74) is 3.71. The zero-order valence-corrected chi connectivity index (χ0v) is 14.1. The van der Waals surface area contributed by atoms with Gasteiger partial charge in [-0.1, -0.05) is 36.4 Å². The van der Waals surface area contributed by atoms with Crippen molar-refractivity contribution in [3.8, 4) is 0 Å². The topological polar surface area (TPSA) is 12.0 Å². The van der Waals surface area contributed by atoms with Crippen molar-refractivity contribution in [2.45, 2.75) is 19.8 Å². The molecule has 0 saturated carbocycles. The Hall–Kier alpha value is -1.19. The quantitative estimate of drug-likeness (QED) is 0.808. The van der Waals surface area contributed by atoms with Gasteiger partial charge in [-0.05, 0) is 78.0 Å². The Morgan fingerprint density at radius 3 is 2.43 bits per heavy atom. The third-order valence-electron chi connectivity index (χ3n) is 3.80. The van der Waals surface area contributed by atoms with E-state index >= 15 is 0 Å². The van der Waals surface area contributed by atoms with Crippen molar-refractivity contribution >= 4 is 15.9 Å². The number of rotatable bonds is 6. The molecule has 2 rings (SSSR count). The molecule has 0 bridgehead atoms. The van der Waals surface area contributed by atoms with E-state index in [-0.39, 0.29) is 5.82 Å². The lowest BCUT2D eigenvalue weighted by Crippen LogP contribution is -2.23. The van der Waals surface area contributed by atoms with E-state index in [1.807, 2.05) is 13.1 Å². The molecule has 0 spiro atoms. The second-order valence-corrected chi connectivity index (χ2v) is 6.26. The Kier molecular flexibility index (Phi) is 5.95. The molecule has 0 radical (unpaired) electrons. The highest BCUT2D eigenvalue weighted by Crippen LogP contribution is 2.24. The highest BCUT2D eigenvalue weighted by molar-refractivity contribution is 9.10. The minimum atomic E-state index is -0.188. The SMILES string of the molecule is CNCC(Cc1ccccc1C)Cc1cccc(F)c1Br. The molecule has 112 valence electrons. The van der Waals surface area contributed by atoms with Crippen LogP contribution in [-0.4, -0.2) is 13.6 Å². The van der Waals surface area contributed by atoms with E-state index in [4.69, 9.17) is 0 Å². The predicted octanol–water partition coefficient (Wildman–Crippen LogP) is 4.52. The molecule has 1 unspecified atom stereocenters. The molecular formula is C18H21BrFN. The fraction of sp³-hybridized carbons (Fsp3) is 0.333. The molecular weight excluding hydrogens is 329 g/mol. The van der Waals surface area contributed by atoms with Gasteiger partial charge in [-0.25, -0.2) is 4.39 Å². The second-order valence-electron chi connectivity index (χ2n) is 5.47. The van der Waals surface area contributed by atoms with Gasteiger partial charge in [-0.15, -0.1) is 0 Å². The third kappa shape index (κ3) is 4.39. The van der Waals surface area contributed by atoms with Crippen molar-refractivity contribution in [1.82, 2.24) is 5.32 Å². The van der Waals surface area contributed by atoms with Gasteiger partial charge in [0.25, 0.3) is 0 Å². The van der Waals surface area contributed by atoms with E-state index in [1.54, 1.807) is 6.07 Å². The zero-order chi connectivity index (χ0) is 15.2. The summed E-state index contributed by atoms with van der Waals surface area (Å²) >= 11 is 3.36. The van der Waals surface area contributed by atoms with Gasteiger partial charge in [-0.3, -0.25) is 0 Å². The van der Waals surface area contributed by atoms with E-state index in [9.17, 15) is 4.39 Å². The molecule has 1 nitrogen and oxygen atoms in total. The van der Waals surface area contributed by atoms with Crippen molar-refractivity contribution in [1.29, 1.82) is 0 Å². The fourth-order valence-corrected chi connectivity index (χ4v) is 3.10. The smallest absolute Gasteiger partial charge is 0.137 e. The molecule has 1 N–H and O–H groups in total. The van der Waals surface area contributed by atoms with E-state index in [0.29, 0.717) is 10.4 Å². The van der Waals surface area contributed by atoms with Crippen LogP contribution in [0.3, 0.4) is 0 Å². The Bertz CT molecular complexity index is 598. The van der Waals surface area contributed by atoms with Crippen molar-refractivity contribution in [3.63, 3.8) is 0 Å². The molecule has 0 fully saturated rings. The van der Waals surface area contributed by atoms with Crippen LogP contribution in [0.5, 0.6) is 0 Å². The lowest BCUT2D eigenvalue weighted by Gasteiger charge is -2.19. The Labute approximate surface area is 134 Å². The van der Waals surface area contributed by atoms with Crippen LogP contribution in [-0.2, 0) is 12.8 Å². The minimum absolute atomic E-state index is 0.188. The van der Waals surface area contributed by atoms with Crippen LogP contribution in [0.15, 0.2) is 46.9 Å². The zero-order valence-electron chi connectivity index (χ0n) is 12.5. The standard InChI is InChI=1S/C18H21BrFN/c1-13-6-3-4-7-15(13)10-14(12-21-2)11-16-8-5-9-17(20)18(16)19/h3-9,14,21H,10-12H2,1-2H3. The van der Waals surface area contributed by atoms with E-state index in [0.717, 1.165) is 24.9 Å². The number of halogens is 2. The van der Waals surface area contributed by atoms with Gasteiger partial charge in [0.05, 0.1) is 4.47 Å². The molecule has 2 aromatic carbocycles. The molecule has 21 heavy (non-hydrogen) atoms. The molecule has 0 aliphatic rings. The van der Waals surface area contributed by atoms with Crippen molar-refractivity contribution in [2.75, 3.05) is 13.6 Å². The van der Waals surface area contributed by atoms with Gasteiger partial charge >= 0.3 is 0 Å². The first-order valence-corrected chi connectivity index (χ1v) is 8.03. The maximum Gasteiger partial charge on any atom is 0.137 e. The number of hydrogen-bond donors (Lipinski definition) is 1. The van der Waals surface area contributed by atoms with Crippen molar-refractivity contribution in [3.05, 3.63) is 69.4 Å². The Morgan fingerprint density at radius 1 is 1.05 bits per heavy atom. The van der Waals surface area contributed by atoms with E-state index in [2.05, 4.69) is 52.4 Å². The van der Waals surface area contributed by atoms with Gasteiger partial charge in [0.15, 0.2) is 0 Å². The van der Waals surface area contributed by atoms with Gasteiger partial charge in [0.2, 0.25) is 0 Å². The van der Waals surface area contributed by atoms with Crippen LogP contribution in [0.2, 0.25) is 0 Å². The van der Waals surface area contributed by atoms with Gasteiger partial charge < -0.3 is 5.32 Å². The number of hydrogen-bond acceptors (Lipinski definition) is 1. The van der Waals surface area contributed by atoms with Gasteiger partial charge in [0.1, 0.15) is 5.82 Å². The summed E-state index contributed by atoms with van der Waals surface area (Å²) in [4.78, 5) is 0. The van der Waals surface area contributed by atoms with Crippen LogP contribution in [0, 0.1) is 18.7 Å². The van der Waals surface area contributed by atoms with Crippen LogP contribution >= 0.6 is 15.9 Å². The first-order valence-electron chi connectivity index (χ1n) is 7.23. The lowest BCUT2D eigenvalue weighted by atomic mass is 9.90. The van der Waals surface area contributed by atoms with Crippen LogP contribution in [0.4, 0.5) is 4.39 Å². The largest absolute Gasteiger partial charge is 0.319 e. The highest BCUT2D eigenvalue weighted by atomic mass is 79.9. The molecule has 2 aromatic rings. The van der Waals surface area contributed by atoms with Gasteiger partial charge in [0, 0.05) is 0 Å². The summed E-state index contributed by atoms with van der Waals surface area (Å²) in [6.45, 7) is 3.06. The summed E-state index contributed by atoms with van der Waals surface area (Å²) in [6.07, 6.45) is 1.85. The summed E-state index contributed by atoms with van der Waals surface area (Å²) < 4.78 is 14.2. The maximum absolute atomic E-state index is 13.6. The van der Waals surface area contributed by atoms with E-state index < -0.39 is 0 Å². The molecule has 0 aliphatic heterocycles. The predicted molar refractivity (Wildman–Crippen MR) is 90.1 cm³/mol. The van der Waals surface area contributed by atoms with E-state index in [1.165, 1.54) is 17.2 Å². The summed E-state index contributed by atoms with van der Waals surface area (Å²) in [6, 6.07) is 13.7. The average Bonchev–Trinajstić information content (AvgIpc) is 2.46. The van der Waals surface area contributed by atoms with Crippen LogP contribution < -0.4 is 5.32 Å². The molecule has 0 amide bonds. The van der Waals surface area contributed by atoms with Gasteiger partial charge in [-0.2, -0.15) is 0 Å². The fourth-order valence-electron chi connectivity index (χ4n) is 2.67. The first kappa shape index (κ1) is 16.2. The molecule has 3 heteroatoms. The Balaban J connectivity index is 2.16. The number of nitrogens with one attached hydrogen (secondary N) is 1.